The van der Waals surface area contributed by atoms with Gasteiger partial charge < -0.3 is 24.7 Å². The van der Waals surface area contributed by atoms with E-state index in [4.69, 9.17) is 15.2 Å². The van der Waals surface area contributed by atoms with E-state index in [1.54, 1.807) is 0 Å². The molecule has 0 spiro atoms. The molecule has 0 heterocycles. The molecule has 2 aromatic rings. The van der Waals surface area contributed by atoms with Crippen LogP contribution in [0, 0.1) is 0 Å². The maximum atomic E-state index is 13.0. The summed E-state index contributed by atoms with van der Waals surface area (Å²) in [5, 5.41) is 0. The molecule has 0 radical (unpaired) electrons. The number of primary amides is 1. The van der Waals surface area contributed by atoms with Crippen LogP contribution in [0.2, 0.25) is 0 Å². The zero-order chi connectivity index (χ0) is 23.3. The van der Waals surface area contributed by atoms with Crippen LogP contribution in [-0.2, 0) is 19.5 Å². The van der Waals surface area contributed by atoms with Crippen LogP contribution in [0.5, 0.6) is 11.5 Å². The number of nitrogens with one attached hydrogen (secondary N) is 1. The highest BCUT2D eigenvalue weighted by Gasteiger charge is 2.24. The molecule has 0 saturated carbocycles. The highest BCUT2D eigenvalue weighted by atomic mass is 32.2. The highest BCUT2D eigenvalue weighted by molar-refractivity contribution is 7.92. The molecule has 0 aliphatic heterocycles. The van der Waals surface area contributed by atoms with Crippen molar-refractivity contribution in [3.63, 3.8) is 0 Å². The standard InChI is InChI=1S/C19H20N2O9S/c1-27-15-8-13(17(20)22)14(9-16(15)28-2)21-31(25,26)12-6-10(18(23)29-3)5-11(7-12)19(24)30-4/h5-9,21H,1-4H3,(H2,20,22). The molecule has 0 atom stereocenters. The lowest BCUT2D eigenvalue weighted by atomic mass is 10.1. The third-order valence-corrected chi connectivity index (χ3v) is 5.44. The molecular formula is C19H20N2O9S. The molecule has 0 aromatic heterocycles. The second kappa shape index (κ2) is 9.34. The van der Waals surface area contributed by atoms with Gasteiger partial charge in [0.25, 0.3) is 15.9 Å². The van der Waals surface area contributed by atoms with E-state index in [1.165, 1.54) is 26.4 Å². The molecule has 0 saturated heterocycles. The molecule has 2 aromatic carbocycles. The molecule has 0 aliphatic carbocycles. The predicted octanol–water partition coefficient (Wildman–Crippen LogP) is 1.18. The first-order valence-corrected chi connectivity index (χ1v) is 9.96. The largest absolute Gasteiger partial charge is 0.493 e. The Morgan fingerprint density at radius 2 is 1.29 bits per heavy atom. The summed E-state index contributed by atoms with van der Waals surface area (Å²) < 4.78 is 47.7. The van der Waals surface area contributed by atoms with Crippen molar-refractivity contribution >= 4 is 33.6 Å². The minimum Gasteiger partial charge on any atom is -0.493 e. The summed E-state index contributed by atoms with van der Waals surface area (Å²) in [6.07, 6.45) is 0. The monoisotopic (exact) mass is 452 g/mol. The first-order valence-electron chi connectivity index (χ1n) is 8.48. The quantitative estimate of drug-likeness (QED) is 0.560. The Morgan fingerprint density at radius 3 is 1.71 bits per heavy atom. The number of nitrogens with two attached hydrogens (primary N) is 1. The fourth-order valence-corrected chi connectivity index (χ4v) is 3.74. The van der Waals surface area contributed by atoms with Crippen LogP contribution < -0.4 is 19.9 Å². The Kier molecular flexibility index (Phi) is 7.08. The highest BCUT2D eigenvalue weighted by Crippen LogP contribution is 2.34. The van der Waals surface area contributed by atoms with Gasteiger partial charge in [-0.05, 0) is 24.3 Å². The number of sulfonamides is 1. The van der Waals surface area contributed by atoms with Crippen molar-refractivity contribution in [1.82, 2.24) is 0 Å². The number of carbonyl (C=O) groups excluding carboxylic acids is 3. The van der Waals surface area contributed by atoms with Crippen molar-refractivity contribution < 1.29 is 41.7 Å². The number of benzene rings is 2. The van der Waals surface area contributed by atoms with Gasteiger partial charge in [0, 0.05) is 6.07 Å². The summed E-state index contributed by atoms with van der Waals surface area (Å²) in [5.74, 6) is -2.39. The SMILES string of the molecule is COC(=O)c1cc(C(=O)OC)cc(S(=O)(=O)Nc2cc(OC)c(OC)cc2C(N)=O)c1. The van der Waals surface area contributed by atoms with Gasteiger partial charge in [0.1, 0.15) is 0 Å². The Morgan fingerprint density at radius 1 is 0.806 bits per heavy atom. The van der Waals surface area contributed by atoms with Gasteiger partial charge in [0.2, 0.25) is 0 Å². The third kappa shape index (κ3) is 5.04. The molecule has 2 rings (SSSR count). The van der Waals surface area contributed by atoms with Crippen LogP contribution in [0.25, 0.3) is 0 Å². The van der Waals surface area contributed by atoms with Crippen molar-refractivity contribution in [3.8, 4) is 11.5 Å². The summed E-state index contributed by atoms with van der Waals surface area (Å²) in [7, 11) is 0.441. The summed E-state index contributed by atoms with van der Waals surface area (Å²) in [6.45, 7) is 0. The fourth-order valence-electron chi connectivity index (χ4n) is 2.60. The number of anilines is 1. The van der Waals surface area contributed by atoms with Crippen LogP contribution in [0.4, 0.5) is 5.69 Å². The lowest BCUT2D eigenvalue weighted by Gasteiger charge is -2.15. The lowest BCUT2D eigenvalue weighted by molar-refractivity contribution is 0.0598. The smallest absolute Gasteiger partial charge is 0.337 e. The Balaban J connectivity index is 2.64. The molecule has 0 fully saturated rings. The molecule has 3 N–H and O–H groups in total. The van der Waals surface area contributed by atoms with Crippen molar-refractivity contribution in [2.24, 2.45) is 5.73 Å². The van der Waals surface area contributed by atoms with Gasteiger partial charge in [-0.2, -0.15) is 0 Å². The summed E-state index contributed by atoms with van der Waals surface area (Å²) in [6, 6.07) is 5.56. The molecule has 12 heteroatoms. The first kappa shape index (κ1) is 23.5. The predicted molar refractivity (Wildman–Crippen MR) is 108 cm³/mol. The van der Waals surface area contributed by atoms with Gasteiger partial charge in [0.05, 0.1) is 55.7 Å². The zero-order valence-corrected chi connectivity index (χ0v) is 17.9. The van der Waals surface area contributed by atoms with E-state index in [0.717, 1.165) is 32.4 Å². The number of methoxy groups -OCH3 is 4. The molecule has 166 valence electrons. The molecule has 31 heavy (non-hydrogen) atoms. The van der Waals surface area contributed by atoms with Crippen LogP contribution in [0.15, 0.2) is 35.2 Å². The number of rotatable bonds is 8. The third-order valence-electron chi connectivity index (χ3n) is 4.09. The van der Waals surface area contributed by atoms with Gasteiger partial charge in [-0.25, -0.2) is 18.0 Å². The van der Waals surface area contributed by atoms with Crippen LogP contribution >= 0.6 is 0 Å². The van der Waals surface area contributed by atoms with E-state index in [1.807, 2.05) is 0 Å². The van der Waals surface area contributed by atoms with Gasteiger partial charge in [-0.1, -0.05) is 0 Å². The number of hydrogen-bond donors (Lipinski definition) is 2. The van der Waals surface area contributed by atoms with Crippen LogP contribution in [0.1, 0.15) is 31.1 Å². The average molecular weight is 452 g/mol. The molecular weight excluding hydrogens is 432 g/mol. The van der Waals surface area contributed by atoms with Crippen LogP contribution in [-0.4, -0.2) is 54.7 Å². The van der Waals surface area contributed by atoms with Gasteiger partial charge in [-0.3, -0.25) is 9.52 Å². The van der Waals surface area contributed by atoms with Gasteiger partial charge >= 0.3 is 11.9 Å². The van der Waals surface area contributed by atoms with E-state index in [9.17, 15) is 22.8 Å². The first-order chi connectivity index (χ1) is 14.6. The van der Waals surface area contributed by atoms with Crippen LogP contribution in [0.3, 0.4) is 0 Å². The number of esters is 2. The number of ether oxygens (including phenoxy) is 4. The van der Waals surface area contributed by atoms with Gasteiger partial charge in [0.15, 0.2) is 11.5 Å². The normalized spacial score (nSPS) is 10.7. The minimum absolute atomic E-state index is 0.128. The fraction of sp³-hybridized carbons (Fsp3) is 0.211. The van der Waals surface area contributed by atoms with Crippen molar-refractivity contribution in [2.75, 3.05) is 33.2 Å². The zero-order valence-electron chi connectivity index (χ0n) is 17.0. The van der Waals surface area contributed by atoms with E-state index >= 15 is 0 Å². The van der Waals surface area contributed by atoms with Gasteiger partial charge in [-0.15, -0.1) is 0 Å². The molecule has 0 unspecified atom stereocenters. The average Bonchev–Trinajstić information content (AvgIpc) is 2.76. The Hall–Kier alpha value is -3.80. The lowest BCUT2D eigenvalue weighted by Crippen LogP contribution is -2.20. The maximum Gasteiger partial charge on any atom is 0.337 e. The minimum atomic E-state index is -4.41. The van der Waals surface area contributed by atoms with Crippen molar-refractivity contribution in [3.05, 3.63) is 47.0 Å². The Bertz CT molecular complexity index is 1110. The molecule has 11 nitrogen and oxygen atoms in total. The molecule has 0 aliphatic rings. The van der Waals surface area contributed by atoms with E-state index in [0.29, 0.717) is 0 Å². The molecule has 0 bridgehead atoms. The summed E-state index contributed by atoms with van der Waals surface area (Å²) in [4.78, 5) is 35.2. The van der Waals surface area contributed by atoms with E-state index in [2.05, 4.69) is 14.2 Å². The molecule has 1 amide bonds. The maximum absolute atomic E-state index is 13.0. The summed E-state index contributed by atoms with van der Waals surface area (Å²) in [5.41, 5.74) is 4.56. The second-order valence-corrected chi connectivity index (χ2v) is 7.63. The van der Waals surface area contributed by atoms with Crippen molar-refractivity contribution in [1.29, 1.82) is 0 Å². The summed E-state index contributed by atoms with van der Waals surface area (Å²) >= 11 is 0. The second-order valence-electron chi connectivity index (χ2n) is 5.95. The number of amides is 1. The van der Waals surface area contributed by atoms with Crippen molar-refractivity contribution in [2.45, 2.75) is 4.90 Å². The number of hydrogen-bond acceptors (Lipinski definition) is 9. The Labute approximate surface area is 178 Å². The topological polar surface area (TPSA) is 160 Å². The number of carbonyl (C=O) groups is 3. The van der Waals surface area contributed by atoms with E-state index in [-0.39, 0.29) is 33.9 Å². The van der Waals surface area contributed by atoms with E-state index < -0.39 is 32.8 Å².